The number of nitrogens with zero attached hydrogens (tertiary/aromatic N) is 1. The average Bonchev–Trinajstić information content (AvgIpc) is 2.19. The van der Waals surface area contributed by atoms with Crippen LogP contribution in [0.1, 0.15) is 12.5 Å². The van der Waals surface area contributed by atoms with E-state index in [2.05, 4.69) is 55.8 Å². The van der Waals surface area contributed by atoms with Crippen molar-refractivity contribution in [2.24, 2.45) is 0 Å². The van der Waals surface area contributed by atoms with E-state index in [4.69, 9.17) is 0 Å². The Kier molecular flexibility index (Phi) is 4.41. The van der Waals surface area contributed by atoms with Crippen molar-refractivity contribution in [2.75, 3.05) is 13.6 Å². The van der Waals surface area contributed by atoms with Gasteiger partial charge < -0.3 is 0 Å². The molecule has 1 aromatic carbocycles. The SMILES string of the molecule is C=CCN(C)[C@@H](C)Cc1ccccc1. The summed E-state index contributed by atoms with van der Waals surface area (Å²) in [6, 6.07) is 11.2. The second kappa shape index (κ2) is 5.61. The van der Waals surface area contributed by atoms with Crippen LogP contribution in [0.3, 0.4) is 0 Å². The first-order chi connectivity index (χ1) is 6.74. The Bertz CT molecular complexity index is 266. The lowest BCUT2D eigenvalue weighted by Gasteiger charge is -2.23. The third-order valence-corrected chi connectivity index (χ3v) is 2.54. The molecule has 0 saturated heterocycles. The summed E-state index contributed by atoms with van der Waals surface area (Å²) < 4.78 is 0. The lowest BCUT2D eigenvalue weighted by molar-refractivity contribution is 0.283. The molecule has 1 atom stereocenters. The second-order valence-corrected chi connectivity index (χ2v) is 3.77. The molecular weight excluding hydrogens is 170 g/mol. The fourth-order valence-electron chi connectivity index (χ4n) is 1.49. The summed E-state index contributed by atoms with van der Waals surface area (Å²) in [4.78, 5) is 2.31. The van der Waals surface area contributed by atoms with Crippen LogP contribution >= 0.6 is 0 Å². The molecule has 0 fully saturated rings. The molecule has 0 saturated carbocycles. The summed E-state index contributed by atoms with van der Waals surface area (Å²) in [5, 5.41) is 0. The molecule has 0 heterocycles. The molecule has 1 aromatic rings. The molecule has 0 amide bonds. The second-order valence-electron chi connectivity index (χ2n) is 3.77. The first-order valence-electron chi connectivity index (χ1n) is 5.09. The van der Waals surface area contributed by atoms with Gasteiger partial charge in [0.2, 0.25) is 0 Å². The molecule has 76 valence electrons. The van der Waals surface area contributed by atoms with Crippen LogP contribution < -0.4 is 0 Å². The van der Waals surface area contributed by atoms with Crippen LogP contribution in [0.25, 0.3) is 0 Å². The number of hydrogen-bond acceptors (Lipinski definition) is 1. The van der Waals surface area contributed by atoms with Gasteiger partial charge in [0.05, 0.1) is 0 Å². The normalized spacial score (nSPS) is 12.8. The van der Waals surface area contributed by atoms with E-state index >= 15 is 0 Å². The van der Waals surface area contributed by atoms with Crippen LogP contribution in [-0.2, 0) is 6.42 Å². The Labute approximate surface area is 87.1 Å². The van der Waals surface area contributed by atoms with E-state index in [1.165, 1.54) is 5.56 Å². The maximum atomic E-state index is 3.75. The first kappa shape index (κ1) is 11.0. The fraction of sp³-hybridized carbons (Fsp3) is 0.385. The van der Waals surface area contributed by atoms with Gasteiger partial charge in [0.1, 0.15) is 0 Å². The predicted molar refractivity (Wildman–Crippen MR) is 62.4 cm³/mol. The van der Waals surface area contributed by atoms with E-state index in [-0.39, 0.29) is 0 Å². The van der Waals surface area contributed by atoms with Gasteiger partial charge in [-0.15, -0.1) is 6.58 Å². The highest BCUT2D eigenvalue weighted by atomic mass is 15.1. The zero-order chi connectivity index (χ0) is 10.4. The Morgan fingerprint density at radius 3 is 2.57 bits per heavy atom. The molecule has 0 aliphatic heterocycles. The van der Waals surface area contributed by atoms with Gasteiger partial charge in [0.15, 0.2) is 0 Å². The highest BCUT2D eigenvalue weighted by Gasteiger charge is 2.07. The largest absolute Gasteiger partial charge is 0.300 e. The summed E-state index contributed by atoms with van der Waals surface area (Å²) in [7, 11) is 2.13. The van der Waals surface area contributed by atoms with Gasteiger partial charge in [-0.25, -0.2) is 0 Å². The molecule has 1 nitrogen and oxygen atoms in total. The van der Waals surface area contributed by atoms with Crippen LogP contribution in [0.5, 0.6) is 0 Å². The fourth-order valence-corrected chi connectivity index (χ4v) is 1.49. The van der Waals surface area contributed by atoms with E-state index in [9.17, 15) is 0 Å². The third-order valence-electron chi connectivity index (χ3n) is 2.54. The van der Waals surface area contributed by atoms with Crippen LogP contribution in [0.15, 0.2) is 43.0 Å². The van der Waals surface area contributed by atoms with Crippen molar-refractivity contribution in [3.05, 3.63) is 48.6 Å². The summed E-state index contributed by atoms with van der Waals surface area (Å²) in [5.74, 6) is 0. The van der Waals surface area contributed by atoms with Crippen molar-refractivity contribution < 1.29 is 0 Å². The molecule has 1 heteroatoms. The number of rotatable bonds is 5. The summed E-state index contributed by atoms with van der Waals surface area (Å²) in [6.45, 7) is 6.95. The molecule has 0 radical (unpaired) electrons. The van der Waals surface area contributed by atoms with Crippen molar-refractivity contribution in [3.8, 4) is 0 Å². The number of likely N-dealkylation sites (N-methyl/N-ethyl adjacent to an activating group) is 1. The van der Waals surface area contributed by atoms with Crippen molar-refractivity contribution in [1.82, 2.24) is 4.90 Å². The molecular formula is C13H19N. The van der Waals surface area contributed by atoms with Gasteiger partial charge in [0.25, 0.3) is 0 Å². The van der Waals surface area contributed by atoms with Crippen LogP contribution in [0, 0.1) is 0 Å². The summed E-state index contributed by atoms with van der Waals surface area (Å²) >= 11 is 0. The zero-order valence-corrected chi connectivity index (χ0v) is 9.11. The molecule has 0 unspecified atom stereocenters. The molecule has 14 heavy (non-hydrogen) atoms. The average molecular weight is 189 g/mol. The molecule has 0 N–H and O–H groups in total. The van der Waals surface area contributed by atoms with Gasteiger partial charge in [-0.2, -0.15) is 0 Å². The summed E-state index contributed by atoms with van der Waals surface area (Å²) in [6.07, 6.45) is 3.05. The van der Waals surface area contributed by atoms with Crippen molar-refractivity contribution in [1.29, 1.82) is 0 Å². The number of benzene rings is 1. The Hall–Kier alpha value is -1.08. The Balaban J connectivity index is 2.48. The van der Waals surface area contributed by atoms with Gasteiger partial charge in [0, 0.05) is 12.6 Å². The minimum Gasteiger partial charge on any atom is -0.300 e. The zero-order valence-electron chi connectivity index (χ0n) is 9.11. The third kappa shape index (κ3) is 3.35. The van der Waals surface area contributed by atoms with Crippen LogP contribution in [0.2, 0.25) is 0 Å². The number of hydrogen-bond donors (Lipinski definition) is 0. The monoisotopic (exact) mass is 189 g/mol. The van der Waals surface area contributed by atoms with Gasteiger partial charge >= 0.3 is 0 Å². The van der Waals surface area contributed by atoms with Crippen molar-refractivity contribution >= 4 is 0 Å². The van der Waals surface area contributed by atoms with E-state index in [1.54, 1.807) is 0 Å². The first-order valence-corrected chi connectivity index (χ1v) is 5.09. The van der Waals surface area contributed by atoms with Gasteiger partial charge in [-0.05, 0) is 26.0 Å². The Morgan fingerprint density at radius 2 is 2.00 bits per heavy atom. The highest BCUT2D eigenvalue weighted by molar-refractivity contribution is 5.15. The minimum atomic E-state index is 0.565. The van der Waals surface area contributed by atoms with E-state index in [0.29, 0.717) is 6.04 Å². The standard InChI is InChI=1S/C13H19N/c1-4-10-14(3)12(2)11-13-8-6-5-7-9-13/h4-9,12H,1,10-11H2,2-3H3/t12-/m0/s1. The molecule has 0 spiro atoms. The van der Waals surface area contributed by atoms with Crippen LogP contribution in [-0.4, -0.2) is 24.5 Å². The molecule has 0 aliphatic rings. The Morgan fingerprint density at radius 1 is 1.36 bits per heavy atom. The minimum absolute atomic E-state index is 0.565. The van der Waals surface area contributed by atoms with Gasteiger partial charge in [-0.3, -0.25) is 4.90 Å². The molecule has 0 aliphatic carbocycles. The molecule has 0 bridgehead atoms. The van der Waals surface area contributed by atoms with E-state index in [0.717, 1.165) is 13.0 Å². The van der Waals surface area contributed by atoms with Crippen molar-refractivity contribution in [3.63, 3.8) is 0 Å². The van der Waals surface area contributed by atoms with Crippen molar-refractivity contribution in [2.45, 2.75) is 19.4 Å². The molecule has 1 rings (SSSR count). The highest BCUT2D eigenvalue weighted by Crippen LogP contribution is 2.06. The van der Waals surface area contributed by atoms with E-state index < -0.39 is 0 Å². The maximum absolute atomic E-state index is 3.75. The van der Waals surface area contributed by atoms with E-state index in [1.807, 2.05) is 6.08 Å². The lowest BCUT2D eigenvalue weighted by atomic mass is 10.1. The topological polar surface area (TPSA) is 3.24 Å². The summed E-state index contributed by atoms with van der Waals surface area (Å²) in [5.41, 5.74) is 1.40. The predicted octanol–water partition coefficient (Wildman–Crippen LogP) is 2.74. The molecule has 0 aromatic heterocycles. The van der Waals surface area contributed by atoms with Crippen LogP contribution in [0.4, 0.5) is 0 Å². The maximum Gasteiger partial charge on any atom is 0.0160 e. The smallest absolute Gasteiger partial charge is 0.0160 e. The lowest BCUT2D eigenvalue weighted by Crippen LogP contribution is -2.30. The quantitative estimate of drug-likeness (QED) is 0.644. The van der Waals surface area contributed by atoms with Gasteiger partial charge in [-0.1, -0.05) is 36.4 Å².